The van der Waals surface area contributed by atoms with Gasteiger partial charge in [-0.1, -0.05) is 78.4 Å². The molecule has 0 heterocycles. The van der Waals surface area contributed by atoms with Gasteiger partial charge in [0.05, 0.1) is 0 Å². The Kier molecular flexibility index (Phi) is 7.72. The molecule has 2 aromatic rings. The summed E-state index contributed by atoms with van der Waals surface area (Å²) in [4.78, 5) is 9.02. The lowest BCUT2D eigenvalue weighted by Gasteiger charge is -2.17. The highest BCUT2D eigenvalue weighted by atomic mass is 15.1. The van der Waals surface area contributed by atoms with Gasteiger partial charge >= 0.3 is 0 Å². The number of aliphatic imine (C=N–C) groups is 2. The van der Waals surface area contributed by atoms with E-state index >= 15 is 0 Å². The lowest BCUT2D eigenvalue weighted by molar-refractivity contribution is 0.587. The van der Waals surface area contributed by atoms with Crippen LogP contribution in [0, 0.1) is 6.92 Å². The second kappa shape index (κ2) is 10.3. The van der Waals surface area contributed by atoms with Crippen molar-refractivity contribution in [2.45, 2.75) is 26.9 Å². The zero-order valence-electron chi connectivity index (χ0n) is 15.8. The Morgan fingerprint density at radius 1 is 1.08 bits per heavy atom. The van der Waals surface area contributed by atoms with Gasteiger partial charge in [-0.2, -0.15) is 0 Å². The number of allylic oxidation sites excluding steroid dienone is 2. The van der Waals surface area contributed by atoms with Crippen LogP contribution in [0.4, 0.5) is 0 Å². The summed E-state index contributed by atoms with van der Waals surface area (Å²) in [5, 5.41) is 3.52. The molecule has 2 rings (SSSR count). The van der Waals surface area contributed by atoms with Crippen molar-refractivity contribution < 1.29 is 0 Å². The number of rotatable bonds is 7. The van der Waals surface area contributed by atoms with E-state index in [9.17, 15) is 0 Å². The molecular weight excluding hydrogens is 318 g/mol. The van der Waals surface area contributed by atoms with Gasteiger partial charge in [-0.25, -0.2) is 9.98 Å². The van der Waals surface area contributed by atoms with E-state index in [1.54, 1.807) is 0 Å². The van der Waals surface area contributed by atoms with Gasteiger partial charge in [-0.3, -0.25) is 5.32 Å². The summed E-state index contributed by atoms with van der Waals surface area (Å²) in [6, 6.07) is 18.4. The second-order valence-electron chi connectivity index (χ2n) is 6.03. The summed E-state index contributed by atoms with van der Waals surface area (Å²) in [5.74, 6) is 0.638. The fraction of sp³-hybridized carbons (Fsp3) is 0.217. The van der Waals surface area contributed by atoms with Gasteiger partial charge in [-0.15, -0.1) is 0 Å². The van der Waals surface area contributed by atoms with Crippen molar-refractivity contribution in [1.82, 2.24) is 5.32 Å². The molecule has 0 aromatic heterocycles. The van der Waals surface area contributed by atoms with Crippen molar-refractivity contribution in [1.29, 1.82) is 0 Å². The fourth-order valence-corrected chi connectivity index (χ4v) is 2.59. The maximum atomic E-state index is 4.86. The molecule has 0 fully saturated rings. The van der Waals surface area contributed by atoms with E-state index in [-0.39, 0.29) is 6.17 Å². The fourth-order valence-electron chi connectivity index (χ4n) is 2.59. The Bertz CT molecular complexity index is 784. The van der Waals surface area contributed by atoms with E-state index in [0.717, 1.165) is 17.7 Å². The molecule has 0 aliphatic heterocycles. The van der Waals surface area contributed by atoms with Crippen LogP contribution in [0.2, 0.25) is 0 Å². The van der Waals surface area contributed by atoms with Crippen LogP contribution >= 0.6 is 0 Å². The number of nitrogens with one attached hydrogen (secondary N) is 1. The van der Waals surface area contributed by atoms with Crippen molar-refractivity contribution >= 4 is 12.6 Å². The van der Waals surface area contributed by atoms with Crippen molar-refractivity contribution in [3.05, 3.63) is 95.1 Å². The van der Waals surface area contributed by atoms with Crippen molar-refractivity contribution in [2.75, 3.05) is 6.54 Å². The Morgan fingerprint density at radius 3 is 2.35 bits per heavy atom. The molecule has 3 heteroatoms. The highest BCUT2D eigenvalue weighted by molar-refractivity contribution is 6.01. The van der Waals surface area contributed by atoms with Gasteiger partial charge in [0.2, 0.25) is 0 Å². The first-order chi connectivity index (χ1) is 12.7. The monoisotopic (exact) mass is 345 g/mol. The molecule has 0 amide bonds. The average molecular weight is 345 g/mol. The normalized spacial score (nSPS) is 13.8. The number of nitrogens with zero attached hydrogens (tertiary/aromatic N) is 2. The largest absolute Gasteiger partial charge is 0.288 e. The predicted octanol–water partition coefficient (Wildman–Crippen LogP) is 5.25. The van der Waals surface area contributed by atoms with Gasteiger partial charge in [-0.05, 0) is 38.6 Å². The SMILES string of the molecule is C=N/C(=N\C(NCC(/C=C\C)=C/C)c1ccccc1)c1ccc(C)cc1. The smallest absolute Gasteiger partial charge is 0.155 e. The van der Waals surface area contributed by atoms with Gasteiger partial charge in [0.1, 0.15) is 6.17 Å². The standard InChI is InChI=1S/C23H27N3/c1-5-10-19(6-2)17-25-23(20-11-8-7-9-12-20)26-22(24-4)21-15-13-18(3)14-16-21/h5-16,23,25H,4,17H2,1-3H3/b10-5-,19-6+,26-22-. The lowest BCUT2D eigenvalue weighted by Crippen LogP contribution is -2.23. The van der Waals surface area contributed by atoms with Crippen molar-refractivity contribution in [3.63, 3.8) is 0 Å². The Labute approximate surface area is 156 Å². The van der Waals surface area contributed by atoms with Crippen LogP contribution < -0.4 is 5.32 Å². The van der Waals surface area contributed by atoms with E-state index < -0.39 is 0 Å². The van der Waals surface area contributed by atoms with E-state index in [1.807, 2.05) is 50.3 Å². The quantitative estimate of drug-likeness (QED) is 0.415. The number of hydrogen-bond donors (Lipinski definition) is 1. The number of aryl methyl sites for hydroxylation is 1. The number of benzene rings is 2. The van der Waals surface area contributed by atoms with E-state index in [4.69, 9.17) is 4.99 Å². The van der Waals surface area contributed by atoms with Gasteiger partial charge in [0.25, 0.3) is 0 Å². The molecule has 0 radical (unpaired) electrons. The molecule has 134 valence electrons. The van der Waals surface area contributed by atoms with Crippen LogP contribution in [0.1, 0.15) is 36.7 Å². The minimum absolute atomic E-state index is 0.196. The average Bonchev–Trinajstić information content (AvgIpc) is 2.68. The maximum Gasteiger partial charge on any atom is 0.155 e. The van der Waals surface area contributed by atoms with E-state index in [1.165, 1.54) is 11.1 Å². The summed E-state index contributed by atoms with van der Waals surface area (Å²) >= 11 is 0. The minimum atomic E-state index is -0.196. The first kappa shape index (κ1) is 19.5. The van der Waals surface area contributed by atoms with Crippen LogP contribution in [0.5, 0.6) is 0 Å². The molecule has 26 heavy (non-hydrogen) atoms. The van der Waals surface area contributed by atoms with Crippen molar-refractivity contribution in [2.24, 2.45) is 9.98 Å². The summed E-state index contributed by atoms with van der Waals surface area (Å²) < 4.78 is 0. The number of hydrogen-bond acceptors (Lipinski definition) is 2. The predicted molar refractivity (Wildman–Crippen MR) is 113 cm³/mol. The molecule has 0 spiro atoms. The molecule has 1 unspecified atom stereocenters. The minimum Gasteiger partial charge on any atom is -0.288 e. The molecule has 0 aliphatic rings. The molecule has 0 saturated carbocycles. The summed E-state index contributed by atoms with van der Waals surface area (Å²) in [6.07, 6.45) is 6.05. The third kappa shape index (κ3) is 5.64. The number of amidine groups is 1. The van der Waals surface area contributed by atoms with E-state index in [2.05, 4.69) is 60.4 Å². The molecule has 1 N–H and O–H groups in total. The summed E-state index contributed by atoms with van der Waals surface area (Å²) in [6.45, 7) is 10.6. The molecule has 0 bridgehead atoms. The molecule has 1 atom stereocenters. The molecule has 3 nitrogen and oxygen atoms in total. The van der Waals surface area contributed by atoms with Crippen LogP contribution in [0.25, 0.3) is 0 Å². The second-order valence-corrected chi connectivity index (χ2v) is 6.03. The molecular formula is C23H27N3. The van der Waals surface area contributed by atoms with Crippen LogP contribution in [0.3, 0.4) is 0 Å². The Balaban J connectivity index is 2.33. The first-order valence-electron chi connectivity index (χ1n) is 8.85. The summed E-state index contributed by atoms with van der Waals surface area (Å²) in [5.41, 5.74) is 4.48. The maximum absolute atomic E-state index is 4.86. The van der Waals surface area contributed by atoms with Gasteiger partial charge in [0, 0.05) is 12.1 Å². The van der Waals surface area contributed by atoms with Gasteiger partial charge in [0.15, 0.2) is 5.84 Å². The zero-order valence-corrected chi connectivity index (χ0v) is 15.8. The highest BCUT2D eigenvalue weighted by Gasteiger charge is 2.12. The topological polar surface area (TPSA) is 36.8 Å². The van der Waals surface area contributed by atoms with Crippen molar-refractivity contribution in [3.8, 4) is 0 Å². The molecule has 0 aliphatic carbocycles. The Morgan fingerprint density at radius 2 is 1.77 bits per heavy atom. The molecule has 0 saturated heterocycles. The lowest BCUT2D eigenvalue weighted by atomic mass is 10.1. The summed E-state index contributed by atoms with van der Waals surface area (Å²) in [7, 11) is 0. The van der Waals surface area contributed by atoms with Gasteiger partial charge < -0.3 is 0 Å². The third-order valence-corrected chi connectivity index (χ3v) is 4.08. The highest BCUT2D eigenvalue weighted by Crippen LogP contribution is 2.17. The third-order valence-electron chi connectivity index (χ3n) is 4.08. The van der Waals surface area contributed by atoms with Crippen LogP contribution in [0.15, 0.2) is 88.4 Å². The Hall–Kier alpha value is -2.78. The van der Waals surface area contributed by atoms with Crippen LogP contribution in [-0.4, -0.2) is 19.1 Å². The molecule has 2 aromatic carbocycles. The zero-order chi connectivity index (χ0) is 18.8. The van der Waals surface area contributed by atoms with Crippen LogP contribution in [-0.2, 0) is 0 Å². The first-order valence-corrected chi connectivity index (χ1v) is 8.85. The van der Waals surface area contributed by atoms with E-state index in [0.29, 0.717) is 5.84 Å².